The highest BCUT2D eigenvalue weighted by Crippen LogP contribution is 2.25. The third kappa shape index (κ3) is 7.07. The van der Waals surface area contributed by atoms with Crippen molar-refractivity contribution in [3.8, 4) is 11.4 Å². The van der Waals surface area contributed by atoms with Crippen LogP contribution in [0.25, 0.3) is 11.4 Å². The SMILES string of the molecule is CC(=O)NCCNc1cc(N2CCN(C(=O)CC(=O)c3ccccc3C)CC2)nc(-c2ccc(Cl)cc2)n1. The smallest absolute Gasteiger partial charge is 0.230 e. The van der Waals surface area contributed by atoms with Gasteiger partial charge in [-0.25, -0.2) is 9.97 Å². The van der Waals surface area contributed by atoms with Crippen LogP contribution in [0.4, 0.5) is 11.6 Å². The van der Waals surface area contributed by atoms with E-state index < -0.39 is 0 Å². The lowest BCUT2D eigenvalue weighted by atomic mass is 10.0. The molecule has 1 aliphatic heterocycles. The van der Waals surface area contributed by atoms with Crippen LogP contribution in [0.3, 0.4) is 0 Å². The van der Waals surface area contributed by atoms with E-state index >= 15 is 0 Å². The summed E-state index contributed by atoms with van der Waals surface area (Å²) in [5.41, 5.74) is 2.29. The van der Waals surface area contributed by atoms with Gasteiger partial charge in [0.25, 0.3) is 0 Å². The van der Waals surface area contributed by atoms with E-state index in [9.17, 15) is 14.4 Å². The van der Waals surface area contributed by atoms with Crippen LogP contribution in [-0.2, 0) is 9.59 Å². The minimum Gasteiger partial charge on any atom is -0.368 e. The van der Waals surface area contributed by atoms with Crippen LogP contribution in [0.15, 0.2) is 54.6 Å². The van der Waals surface area contributed by atoms with Gasteiger partial charge in [-0.2, -0.15) is 0 Å². The molecule has 0 radical (unpaired) electrons. The Morgan fingerprint density at radius 2 is 1.66 bits per heavy atom. The van der Waals surface area contributed by atoms with E-state index in [-0.39, 0.29) is 24.0 Å². The van der Waals surface area contributed by atoms with Gasteiger partial charge in [-0.15, -0.1) is 0 Å². The van der Waals surface area contributed by atoms with E-state index in [1.807, 2.05) is 43.3 Å². The highest BCUT2D eigenvalue weighted by molar-refractivity contribution is 6.30. The molecule has 2 N–H and O–H groups in total. The van der Waals surface area contributed by atoms with Crippen molar-refractivity contribution >= 4 is 40.8 Å². The average molecular weight is 535 g/mol. The van der Waals surface area contributed by atoms with E-state index in [0.717, 1.165) is 16.9 Å². The Labute approximate surface area is 227 Å². The first kappa shape index (κ1) is 27.1. The quantitative estimate of drug-likeness (QED) is 0.245. The van der Waals surface area contributed by atoms with Crippen molar-refractivity contribution in [2.45, 2.75) is 20.3 Å². The maximum absolute atomic E-state index is 12.9. The molecule has 0 atom stereocenters. The Bertz CT molecular complexity index is 1310. The van der Waals surface area contributed by atoms with Gasteiger partial charge >= 0.3 is 0 Å². The maximum Gasteiger partial charge on any atom is 0.230 e. The molecule has 9 nitrogen and oxygen atoms in total. The average Bonchev–Trinajstić information content (AvgIpc) is 2.91. The third-order valence-corrected chi connectivity index (χ3v) is 6.59. The van der Waals surface area contributed by atoms with Gasteiger partial charge in [-0.05, 0) is 36.8 Å². The zero-order chi connectivity index (χ0) is 27.1. The number of amides is 2. The number of hydrogen-bond acceptors (Lipinski definition) is 7. The lowest BCUT2D eigenvalue weighted by Gasteiger charge is -2.35. The zero-order valence-electron chi connectivity index (χ0n) is 21.5. The van der Waals surface area contributed by atoms with Crippen LogP contribution in [0.5, 0.6) is 0 Å². The summed E-state index contributed by atoms with van der Waals surface area (Å²) in [6, 6.07) is 16.5. The van der Waals surface area contributed by atoms with Crippen LogP contribution < -0.4 is 15.5 Å². The predicted octanol–water partition coefficient (Wildman–Crippen LogP) is 3.58. The second-order valence-electron chi connectivity index (χ2n) is 9.13. The summed E-state index contributed by atoms with van der Waals surface area (Å²) >= 11 is 6.06. The van der Waals surface area contributed by atoms with Crippen molar-refractivity contribution < 1.29 is 14.4 Å². The van der Waals surface area contributed by atoms with Crippen molar-refractivity contribution in [3.05, 3.63) is 70.7 Å². The Balaban J connectivity index is 1.44. The van der Waals surface area contributed by atoms with Gasteiger partial charge in [0.1, 0.15) is 11.6 Å². The number of halogens is 1. The number of nitrogens with zero attached hydrogens (tertiary/aromatic N) is 4. The first-order valence-electron chi connectivity index (χ1n) is 12.5. The molecular formula is C28H31ClN6O3. The monoisotopic (exact) mass is 534 g/mol. The van der Waals surface area contributed by atoms with Crippen molar-refractivity contribution in [2.75, 3.05) is 49.5 Å². The number of piperazine rings is 1. The van der Waals surface area contributed by atoms with Gasteiger partial charge < -0.3 is 20.4 Å². The van der Waals surface area contributed by atoms with E-state index in [1.54, 1.807) is 23.1 Å². The van der Waals surface area contributed by atoms with Crippen molar-refractivity contribution in [2.24, 2.45) is 0 Å². The highest BCUT2D eigenvalue weighted by Gasteiger charge is 2.25. The van der Waals surface area contributed by atoms with Crippen molar-refractivity contribution in [3.63, 3.8) is 0 Å². The van der Waals surface area contributed by atoms with E-state index in [1.165, 1.54) is 6.92 Å². The van der Waals surface area contributed by atoms with Gasteiger partial charge in [-0.3, -0.25) is 14.4 Å². The summed E-state index contributed by atoms with van der Waals surface area (Å²) in [7, 11) is 0. The summed E-state index contributed by atoms with van der Waals surface area (Å²) < 4.78 is 0. The minimum atomic E-state index is -0.164. The van der Waals surface area contributed by atoms with Gasteiger partial charge in [0.2, 0.25) is 11.8 Å². The molecule has 0 saturated carbocycles. The molecule has 2 heterocycles. The number of carbonyl (C=O) groups is 3. The van der Waals surface area contributed by atoms with Gasteiger partial charge in [0.05, 0.1) is 6.42 Å². The second-order valence-corrected chi connectivity index (χ2v) is 9.57. The molecule has 1 fully saturated rings. The predicted molar refractivity (Wildman–Crippen MR) is 149 cm³/mol. The fourth-order valence-corrected chi connectivity index (χ4v) is 4.39. The van der Waals surface area contributed by atoms with E-state index in [4.69, 9.17) is 16.6 Å². The summed E-state index contributed by atoms with van der Waals surface area (Å²) in [6.07, 6.45) is -0.137. The summed E-state index contributed by atoms with van der Waals surface area (Å²) in [4.78, 5) is 50.0. The number of anilines is 2. The minimum absolute atomic E-state index is 0.0925. The molecule has 2 aromatic carbocycles. The summed E-state index contributed by atoms with van der Waals surface area (Å²) in [6.45, 7) is 6.46. The first-order chi connectivity index (χ1) is 18.3. The molecular weight excluding hydrogens is 504 g/mol. The molecule has 198 valence electrons. The van der Waals surface area contributed by atoms with Crippen LogP contribution >= 0.6 is 11.6 Å². The standard InChI is InChI=1S/C28H31ClN6O3/c1-19-5-3-4-6-23(19)24(37)17-27(38)35-15-13-34(14-16-35)26-18-25(31-12-11-30-20(2)36)32-28(33-26)21-7-9-22(29)10-8-21/h3-10,18H,11-17H2,1-2H3,(H,30,36)(H,31,32,33). The molecule has 4 rings (SSSR count). The number of aryl methyl sites for hydroxylation is 1. The molecule has 38 heavy (non-hydrogen) atoms. The van der Waals surface area contributed by atoms with Crippen LogP contribution in [0, 0.1) is 6.92 Å². The van der Waals surface area contributed by atoms with Gasteiger partial charge in [0, 0.05) is 68.4 Å². The molecule has 0 bridgehead atoms. The van der Waals surface area contributed by atoms with Crippen molar-refractivity contribution in [1.29, 1.82) is 0 Å². The third-order valence-electron chi connectivity index (χ3n) is 6.33. The normalized spacial score (nSPS) is 13.2. The van der Waals surface area contributed by atoms with Crippen LogP contribution in [0.2, 0.25) is 5.02 Å². The highest BCUT2D eigenvalue weighted by atomic mass is 35.5. The molecule has 1 saturated heterocycles. The fraction of sp³-hybridized carbons (Fsp3) is 0.321. The number of aromatic nitrogens is 2. The van der Waals surface area contributed by atoms with Crippen LogP contribution in [0.1, 0.15) is 29.3 Å². The molecule has 1 aliphatic rings. The van der Waals surface area contributed by atoms with Crippen LogP contribution in [-0.4, -0.2) is 71.7 Å². The topological polar surface area (TPSA) is 108 Å². The number of hydrogen-bond donors (Lipinski definition) is 2. The molecule has 10 heteroatoms. The lowest BCUT2D eigenvalue weighted by Crippen LogP contribution is -2.49. The number of ketones is 1. The Morgan fingerprint density at radius 1 is 0.947 bits per heavy atom. The molecule has 0 aliphatic carbocycles. The number of carbonyl (C=O) groups excluding carboxylic acids is 3. The lowest BCUT2D eigenvalue weighted by molar-refractivity contribution is -0.130. The molecule has 2 amide bonds. The Hall–Kier alpha value is -3.98. The Morgan fingerprint density at radius 3 is 2.34 bits per heavy atom. The second kappa shape index (κ2) is 12.5. The number of Topliss-reactive ketones (excluding diaryl/α,β-unsaturated/α-hetero) is 1. The molecule has 3 aromatic rings. The number of benzene rings is 2. The summed E-state index contributed by atoms with van der Waals surface area (Å²) in [5, 5.41) is 6.63. The Kier molecular flexibility index (Phi) is 8.91. The van der Waals surface area contributed by atoms with Gasteiger partial charge in [0.15, 0.2) is 11.6 Å². The number of rotatable bonds is 9. The van der Waals surface area contributed by atoms with E-state index in [0.29, 0.717) is 61.5 Å². The number of nitrogens with one attached hydrogen (secondary N) is 2. The molecule has 1 aromatic heterocycles. The van der Waals surface area contributed by atoms with E-state index in [2.05, 4.69) is 20.5 Å². The molecule has 0 spiro atoms. The maximum atomic E-state index is 12.9. The fourth-order valence-electron chi connectivity index (χ4n) is 4.26. The summed E-state index contributed by atoms with van der Waals surface area (Å²) in [5.74, 6) is 1.49. The zero-order valence-corrected chi connectivity index (χ0v) is 22.3. The van der Waals surface area contributed by atoms with Gasteiger partial charge in [-0.1, -0.05) is 35.9 Å². The molecule has 0 unspecified atom stereocenters. The van der Waals surface area contributed by atoms with Crippen molar-refractivity contribution in [1.82, 2.24) is 20.2 Å². The largest absolute Gasteiger partial charge is 0.368 e. The first-order valence-corrected chi connectivity index (χ1v) is 12.9.